The lowest BCUT2D eigenvalue weighted by Gasteiger charge is -2.21. The van der Waals surface area contributed by atoms with E-state index in [-0.39, 0.29) is 0 Å². The van der Waals surface area contributed by atoms with Gasteiger partial charge in [-0.25, -0.2) is 4.79 Å². The Morgan fingerprint density at radius 1 is 1.73 bits per heavy atom. The highest BCUT2D eigenvalue weighted by Crippen LogP contribution is 2.05. The van der Waals surface area contributed by atoms with Crippen molar-refractivity contribution in [1.29, 1.82) is 0 Å². The zero-order valence-corrected chi connectivity index (χ0v) is 5.70. The van der Waals surface area contributed by atoms with Crippen LogP contribution >= 0.6 is 0 Å². The molecule has 60 valence electrons. The summed E-state index contributed by atoms with van der Waals surface area (Å²) in [6.45, 7) is 0. The van der Waals surface area contributed by atoms with E-state index in [0.29, 0.717) is 0 Å². The number of amides is 3. The van der Waals surface area contributed by atoms with E-state index in [1.807, 2.05) is 0 Å². The van der Waals surface area contributed by atoms with Gasteiger partial charge in [0.1, 0.15) is 0 Å². The molecule has 2 N–H and O–H groups in total. The maximum Gasteiger partial charge on any atom is 0.347 e. The molecule has 0 aromatic carbocycles. The Balaban J connectivity index is 2.92. The molecule has 0 fully saturated rings. The number of aliphatic imine (C=N–C) groups is 1. The zero-order chi connectivity index (χ0) is 8.48. The molecule has 0 radical (unpaired) electrons. The topological polar surface area (TPSA) is 88.0 Å². The molecule has 1 heterocycles. The third-order valence-electron chi connectivity index (χ3n) is 1.21. The first-order chi connectivity index (χ1) is 5.08. The lowest BCUT2D eigenvalue weighted by atomic mass is 10.2. The molecule has 0 spiro atoms. The molecule has 0 aromatic heterocycles. The van der Waals surface area contributed by atoms with Crippen LogP contribution in [0.1, 0.15) is 0 Å². The first kappa shape index (κ1) is 7.83. The highest BCUT2D eigenvalue weighted by atomic mass is 16.6. The summed E-state index contributed by atoms with van der Waals surface area (Å²) in [6.07, 6.45) is 0.744. The Labute approximate surface area is 61.9 Å². The Bertz CT molecular complexity index is 237. The molecule has 1 aliphatic rings. The summed E-state index contributed by atoms with van der Waals surface area (Å²) in [6, 6.07) is -0.809. The average Bonchev–Trinajstić information content (AvgIpc) is 1.98. The predicted octanol–water partition coefficient (Wildman–Crippen LogP) is -1.36. The summed E-state index contributed by atoms with van der Waals surface area (Å²) in [5.41, 5.74) is 0. The fourth-order valence-corrected chi connectivity index (χ4v) is 0.569. The molecule has 3 amide bonds. The number of carbonyl (C=O) groups is 2. The van der Waals surface area contributed by atoms with Crippen LogP contribution in [-0.4, -0.2) is 36.2 Å². The van der Waals surface area contributed by atoms with E-state index in [4.69, 9.17) is 5.11 Å². The fourth-order valence-electron chi connectivity index (χ4n) is 0.569. The van der Waals surface area contributed by atoms with Gasteiger partial charge in [-0.2, -0.15) is 4.99 Å². The van der Waals surface area contributed by atoms with Gasteiger partial charge in [0.25, 0.3) is 11.7 Å². The van der Waals surface area contributed by atoms with Gasteiger partial charge in [-0.05, 0) is 0 Å². The Kier molecular flexibility index (Phi) is 1.71. The Hall–Kier alpha value is -1.27. The number of aliphatic hydroxyl groups is 1. The summed E-state index contributed by atoms with van der Waals surface area (Å²) >= 11 is 0. The molecule has 1 unspecified atom stereocenters. The van der Waals surface area contributed by atoms with Crippen LogP contribution < -0.4 is 5.32 Å². The van der Waals surface area contributed by atoms with Crippen molar-refractivity contribution < 1.29 is 19.4 Å². The van der Waals surface area contributed by atoms with Gasteiger partial charge < -0.3 is 9.84 Å². The van der Waals surface area contributed by atoms with Crippen LogP contribution in [-0.2, 0) is 9.53 Å². The van der Waals surface area contributed by atoms with Crippen LogP contribution in [0.25, 0.3) is 0 Å². The van der Waals surface area contributed by atoms with Gasteiger partial charge in [0.15, 0.2) is 0 Å². The minimum Gasteiger partial charge on any atom is -0.354 e. The zero-order valence-electron chi connectivity index (χ0n) is 5.70. The van der Waals surface area contributed by atoms with E-state index >= 15 is 0 Å². The molecular weight excluding hydrogens is 152 g/mol. The van der Waals surface area contributed by atoms with E-state index in [1.54, 1.807) is 5.32 Å². The van der Waals surface area contributed by atoms with Crippen LogP contribution in [0.15, 0.2) is 4.99 Å². The summed E-state index contributed by atoms with van der Waals surface area (Å²) in [5.74, 6) is -3.03. The minimum absolute atomic E-state index is 0.744. The number of nitrogens with zero attached hydrogens (tertiary/aromatic N) is 1. The van der Waals surface area contributed by atoms with Crippen LogP contribution in [0.4, 0.5) is 4.79 Å². The number of hydrogen-bond acceptors (Lipinski definition) is 4. The number of ether oxygens (including phenoxy) is 1. The van der Waals surface area contributed by atoms with E-state index in [0.717, 1.165) is 13.3 Å². The largest absolute Gasteiger partial charge is 0.354 e. The van der Waals surface area contributed by atoms with E-state index in [1.165, 1.54) is 0 Å². The normalized spacial score (nSPS) is 30.4. The summed E-state index contributed by atoms with van der Waals surface area (Å²) in [4.78, 5) is 24.3. The van der Waals surface area contributed by atoms with Crippen molar-refractivity contribution in [3.8, 4) is 0 Å². The van der Waals surface area contributed by atoms with Gasteiger partial charge in [-0.3, -0.25) is 10.1 Å². The van der Waals surface area contributed by atoms with Gasteiger partial charge in [0, 0.05) is 7.11 Å². The third kappa shape index (κ3) is 1.26. The van der Waals surface area contributed by atoms with Gasteiger partial charge >= 0.3 is 6.03 Å². The highest BCUT2D eigenvalue weighted by Gasteiger charge is 2.38. The Morgan fingerprint density at radius 3 is 2.82 bits per heavy atom. The van der Waals surface area contributed by atoms with E-state index in [9.17, 15) is 9.59 Å². The maximum atomic E-state index is 10.8. The molecule has 6 nitrogen and oxygen atoms in total. The third-order valence-corrected chi connectivity index (χ3v) is 1.21. The average molecular weight is 158 g/mol. The fraction of sp³-hybridized carbons (Fsp3) is 0.400. The predicted molar refractivity (Wildman–Crippen MR) is 34.0 cm³/mol. The molecule has 0 saturated heterocycles. The van der Waals surface area contributed by atoms with Crippen LogP contribution in [0.3, 0.4) is 0 Å². The van der Waals surface area contributed by atoms with Crippen molar-refractivity contribution in [2.24, 2.45) is 4.99 Å². The molecule has 6 heteroatoms. The number of hydrogen-bond donors (Lipinski definition) is 2. The monoisotopic (exact) mass is 158 g/mol. The van der Waals surface area contributed by atoms with Crippen molar-refractivity contribution in [1.82, 2.24) is 5.32 Å². The van der Waals surface area contributed by atoms with Gasteiger partial charge in [-0.15, -0.1) is 0 Å². The number of nitrogens with one attached hydrogen (secondary N) is 1. The van der Waals surface area contributed by atoms with Crippen LogP contribution in [0.5, 0.6) is 0 Å². The number of urea groups is 1. The highest BCUT2D eigenvalue weighted by molar-refractivity contribution is 6.13. The molecule has 0 aliphatic carbocycles. The second-order valence-corrected chi connectivity index (χ2v) is 1.92. The molecule has 0 saturated carbocycles. The van der Waals surface area contributed by atoms with Crippen molar-refractivity contribution in [2.75, 3.05) is 7.11 Å². The second-order valence-electron chi connectivity index (χ2n) is 1.92. The summed E-state index contributed by atoms with van der Waals surface area (Å²) in [7, 11) is 1.13. The Morgan fingerprint density at radius 2 is 2.36 bits per heavy atom. The standard InChI is InChI=1S/C5H6N2O4/c1-11-5(10)2-6-4(9)7-3(5)8/h2,10H,1H3,(H,7,8,9). The SMILES string of the molecule is COC1(O)C=NC(=O)NC1=O. The number of methoxy groups -OCH3 is 1. The number of carbonyl (C=O) groups excluding carboxylic acids is 2. The van der Waals surface area contributed by atoms with Crippen molar-refractivity contribution in [2.45, 2.75) is 5.79 Å². The number of rotatable bonds is 1. The smallest absolute Gasteiger partial charge is 0.347 e. The molecule has 1 atom stereocenters. The minimum atomic E-state index is -2.10. The maximum absolute atomic E-state index is 10.8. The number of imide groups is 1. The van der Waals surface area contributed by atoms with Gasteiger partial charge in [-0.1, -0.05) is 0 Å². The van der Waals surface area contributed by atoms with Crippen molar-refractivity contribution in [3.63, 3.8) is 0 Å². The molecule has 1 aliphatic heterocycles. The molecular formula is C5H6N2O4. The molecule has 1 rings (SSSR count). The lowest BCUT2D eigenvalue weighted by molar-refractivity contribution is -0.168. The summed E-state index contributed by atoms with van der Waals surface area (Å²) in [5, 5.41) is 10.9. The van der Waals surface area contributed by atoms with Crippen molar-refractivity contribution >= 4 is 18.2 Å². The first-order valence-corrected chi connectivity index (χ1v) is 2.76. The van der Waals surface area contributed by atoms with Gasteiger partial charge in [0.05, 0.1) is 6.21 Å². The quantitative estimate of drug-likeness (QED) is 0.461. The lowest BCUT2D eigenvalue weighted by Crippen LogP contribution is -2.54. The van der Waals surface area contributed by atoms with E-state index < -0.39 is 17.7 Å². The molecule has 0 aromatic rings. The molecule has 0 bridgehead atoms. The van der Waals surface area contributed by atoms with Gasteiger partial charge in [0.2, 0.25) is 0 Å². The van der Waals surface area contributed by atoms with E-state index in [2.05, 4.69) is 9.73 Å². The van der Waals surface area contributed by atoms with Crippen molar-refractivity contribution in [3.05, 3.63) is 0 Å². The summed E-state index contributed by atoms with van der Waals surface area (Å²) < 4.78 is 4.38. The van der Waals surface area contributed by atoms with Crippen LogP contribution in [0.2, 0.25) is 0 Å². The second kappa shape index (κ2) is 2.40. The first-order valence-electron chi connectivity index (χ1n) is 2.76. The molecule has 11 heavy (non-hydrogen) atoms. The van der Waals surface area contributed by atoms with Crippen LogP contribution in [0, 0.1) is 0 Å².